The summed E-state index contributed by atoms with van der Waals surface area (Å²) in [6.45, 7) is 6.07. The van der Waals surface area contributed by atoms with Crippen LogP contribution < -0.4 is 5.32 Å². The number of rotatable bonds is 5. The Morgan fingerprint density at radius 2 is 2.20 bits per heavy atom. The molecule has 1 rings (SSSR count). The second-order valence-corrected chi connectivity index (χ2v) is 5.06. The van der Waals surface area contributed by atoms with E-state index in [0.29, 0.717) is 6.04 Å². The van der Waals surface area contributed by atoms with Crippen molar-refractivity contribution in [1.29, 1.82) is 0 Å². The van der Waals surface area contributed by atoms with Crippen LogP contribution in [0.15, 0.2) is 0 Å². The summed E-state index contributed by atoms with van der Waals surface area (Å²) in [5.74, 6) is 0. The summed E-state index contributed by atoms with van der Waals surface area (Å²) in [7, 11) is 6.39. The van der Waals surface area contributed by atoms with E-state index in [1.807, 2.05) is 0 Å². The molecule has 0 saturated carbocycles. The fourth-order valence-electron chi connectivity index (χ4n) is 2.27. The molecule has 2 unspecified atom stereocenters. The number of nitrogens with zero attached hydrogens (tertiary/aromatic N) is 2. The molecule has 0 radical (unpaired) electrons. The molecule has 15 heavy (non-hydrogen) atoms. The van der Waals surface area contributed by atoms with E-state index in [1.54, 1.807) is 0 Å². The standard InChI is InChI=1S/C12H27N3/c1-11(7-9-14(3)4)15-8-5-6-12(10-15)13-2/h11-13H,5-10H2,1-4H3. The molecule has 2 atom stereocenters. The summed E-state index contributed by atoms with van der Waals surface area (Å²) in [4.78, 5) is 4.91. The van der Waals surface area contributed by atoms with Crippen LogP contribution in [0.25, 0.3) is 0 Å². The molecule has 1 heterocycles. The summed E-state index contributed by atoms with van der Waals surface area (Å²) in [6, 6.07) is 1.43. The Morgan fingerprint density at radius 1 is 1.47 bits per heavy atom. The second-order valence-electron chi connectivity index (χ2n) is 5.06. The van der Waals surface area contributed by atoms with E-state index in [2.05, 4.69) is 43.2 Å². The largest absolute Gasteiger partial charge is 0.316 e. The first-order chi connectivity index (χ1) is 7.13. The molecule has 0 aliphatic carbocycles. The van der Waals surface area contributed by atoms with Gasteiger partial charge in [0, 0.05) is 18.6 Å². The van der Waals surface area contributed by atoms with Crippen molar-refractivity contribution in [3.63, 3.8) is 0 Å². The highest BCUT2D eigenvalue weighted by atomic mass is 15.2. The Kier molecular flexibility index (Phi) is 5.58. The van der Waals surface area contributed by atoms with Crippen LogP contribution in [0.5, 0.6) is 0 Å². The van der Waals surface area contributed by atoms with E-state index in [9.17, 15) is 0 Å². The molecule has 1 aliphatic heterocycles. The third-order valence-electron chi connectivity index (χ3n) is 3.48. The van der Waals surface area contributed by atoms with Crippen LogP contribution in [-0.4, -0.2) is 62.7 Å². The summed E-state index contributed by atoms with van der Waals surface area (Å²) in [6.07, 6.45) is 3.97. The van der Waals surface area contributed by atoms with Crippen LogP contribution in [0, 0.1) is 0 Å². The van der Waals surface area contributed by atoms with Gasteiger partial charge in [0.2, 0.25) is 0 Å². The minimum atomic E-state index is 0.709. The Bertz CT molecular complexity index is 170. The maximum atomic E-state index is 3.40. The maximum Gasteiger partial charge on any atom is 0.0192 e. The fraction of sp³-hybridized carbons (Fsp3) is 1.00. The van der Waals surface area contributed by atoms with Gasteiger partial charge in [-0.2, -0.15) is 0 Å². The van der Waals surface area contributed by atoms with Gasteiger partial charge in [-0.25, -0.2) is 0 Å². The first kappa shape index (κ1) is 12.9. The number of piperidine rings is 1. The number of hydrogen-bond acceptors (Lipinski definition) is 3. The van der Waals surface area contributed by atoms with E-state index in [0.717, 1.165) is 6.04 Å². The normalized spacial score (nSPS) is 25.8. The lowest BCUT2D eigenvalue weighted by atomic mass is 10.0. The minimum Gasteiger partial charge on any atom is -0.316 e. The van der Waals surface area contributed by atoms with Gasteiger partial charge < -0.3 is 10.2 Å². The van der Waals surface area contributed by atoms with Gasteiger partial charge in [-0.1, -0.05) is 0 Å². The highest BCUT2D eigenvalue weighted by molar-refractivity contribution is 4.80. The molecule has 0 amide bonds. The van der Waals surface area contributed by atoms with Crippen LogP contribution in [0.1, 0.15) is 26.2 Å². The molecule has 3 heteroatoms. The highest BCUT2D eigenvalue weighted by Crippen LogP contribution is 2.14. The van der Waals surface area contributed by atoms with Crippen molar-refractivity contribution in [2.24, 2.45) is 0 Å². The summed E-state index contributed by atoms with van der Waals surface area (Å²) >= 11 is 0. The molecular formula is C12H27N3. The lowest BCUT2D eigenvalue weighted by Crippen LogP contribution is -2.48. The molecule has 1 saturated heterocycles. The van der Waals surface area contributed by atoms with Gasteiger partial charge >= 0.3 is 0 Å². The van der Waals surface area contributed by atoms with Crippen LogP contribution in [-0.2, 0) is 0 Å². The molecular weight excluding hydrogens is 186 g/mol. The minimum absolute atomic E-state index is 0.709. The van der Waals surface area contributed by atoms with E-state index in [1.165, 1.54) is 38.9 Å². The molecule has 0 bridgehead atoms. The van der Waals surface area contributed by atoms with Gasteiger partial charge in [0.05, 0.1) is 0 Å². The summed E-state index contributed by atoms with van der Waals surface area (Å²) in [5, 5.41) is 3.40. The molecule has 0 aromatic rings. The van der Waals surface area contributed by atoms with E-state index >= 15 is 0 Å². The van der Waals surface area contributed by atoms with Gasteiger partial charge in [-0.15, -0.1) is 0 Å². The van der Waals surface area contributed by atoms with Crippen LogP contribution >= 0.6 is 0 Å². The number of likely N-dealkylation sites (tertiary alicyclic amines) is 1. The fourth-order valence-corrected chi connectivity index (χ4v) is 2.27. The Balaban J connectivity index is 2.28. The van der Waals surface area contributed by atoms with Crippen LogP contribution in [0.2, 0.25) is 0 Å². The molecule has 1 aliphatic rings. The maximum absolute atomic E-state index is 3.40. The highest BCUT2D eigenvalue weighted by Gasteiger charge is 2.21. The quantitative estimate of drug-likeness (QED) is 0.735. The second kappa shape index (κ2) is 6.46. The van der Waals surface area contributed by atoms with Gasteiger partial charge in [-0.05, 0) is 60.4 Å². The van der Waals surface area contributed by atoms with Crippen molar-refractivity contribution in [3.05, 3.63) is 0 Å². The Morgan fingerprint density at radius 3 is 2.80 bits per heavy atom. The van der Waals surface area contributed by atoms with Crippen LogP contribution in [0.4, 0.5) is 0 Å². The van der Waals surface area contributed by atoms with Crippen molar-refractivity contribution in [1.82, 2.24) is 15.1 Å². The van der Waals surface area contributed by atoms with Crippen molar-refractivity contribution < 1.29 is 0 Å². The summed E-state index contributed by atoms with van der Waals surface area (Å²) < 4.78 is 0. The third kappa shape index (κ3) is 4.49. The Hall–Kier alpha value is -0.120. The molecule has 1 fully saturated rings. The van der Waals surface area contributed by atoms with Crippen LogP contribution in [0.3, 0.4) is 0 Å². The van der Waals surface area contributed by atoms with E-state index < -0.39 is 0 Å². The number of hydrogen-bond donors (Lipinski definition) is 1. The zero-order valence-electron chi connectivity index (χ0n) is 10.8. The van der Waals surface area contributed by atoms with Crippen molar-refractivity contribution in [2.45, 2.75) is 38.3 Å². The Labute approximate surface area is 94.8 Å². The number of likely N-dealkylation sites (N-methyl/N-ethyl adjacent to an activating group) is 1. The monoisotopic (exact) mass is 213 g/mol. The number of nitrogens with one attached hydrogen (secondary N) is 1. The van der Waals surface area contributed by atoms with E-state index in [4.69, 9.17) is 0 Å². The zero-order chi connectivity index (χ0) is 11.3. The average molecular weight is 213 g/mol. The predicted molar refractivity (Wildman–Crippen MR) is 66.3 cm³/mol. The van der Waals surface area contributed by atoms with Crippen molar-refractivity contribution in [3.8, 4) is 0 Å². The average Bonchev–Trinajstić information content (AvgIpc) is 2.26. The van der Waals surface area contributed by atoms with Gasteiger partial charge in [0.15, 0.2) is 0 Å². The first-order valence-electron chi connectivity index (χ1n) is 6.19. The third-order valence-corrected chi connectivity index (χ3v) is 3.48. The van der Waals surface area contributed by atoms with Gasteiger partial charge in [0.1, 0.15) is 0 Å². The lowest BCUT2D eigenvalue weighted by Gasteiger charge is -2.37. The van der Waals surface area contributed by atoms with E-state index in [-0.39, 0.29) is 0 Å². The van der Waals surface area contributed by atoms with Crippen molar-refractivity contribution >= 4 is 0 Å². The molecule has 90 valence electrons. The lowest BCUT2D eigenvalue weighted by molar-refractivity contribution is 0.136. The van der Waals surface area contributed by atoms with Crippen molar-refractivity contribution in [2.75, 3.05) is 40.8 Å². The topological polar surface area (TPSA) is 18.5 Å². The predicted octanol–water partition coefficient (Wildman–Crippen LogP) is 1.01. The summed E-state index contributed by atoms with van der Waals surface area (Å²) in [5.41, 5.74) is 0. The molecule has 0 aromatic carbocycles. The van der Waals surface area contributed by atoms with Gasteiger partial charge in [-0.3, -0.25) is 4.90 Å². The molecule has 1 N–H and O–H groups in total. The SMILES string of the molecule is CNC1CCCN(C(C)CCN(C)C)C1. The smallest absolute Gasteiger partial charge is 0.0192 e. The molecule has 0 spiro atoms. The zero-order valence-corrected chi connectivity index (χ0v) is 10.8. The molecule has 3 nitrogen and oxygen atoms in total. The molecule has 0 aromatic heterocycles. The first-order valence-corrected chi connectivity index (χ1v) is 6.19. The van der Waals surface area contributed by atoms with Gasteiger partial charge in [0.25, 0.3) is 0 Å².